The van der Waals surface area contributed by atoms with Gasteiger partial charge in [0.2, 0.25) is 5.91 Å². The van der Waals surface area contributed by atoms with Crippen molar-refractivity contribution in [3.8, 4) is 11.5 Å². The molecule has 0 aliphatic rings. The summed E-state index contributed by atoms with van der Waals surface area (Å²) in [6.45, 7) is 8.31. The number of rotatable bonds is 13. The highest BCUT2D eigenvalue weighted by atomic mass is 35.5. The standard InChI is InChI=1S/C24H34N2O9.ClH/c1-6-33-24(32)17(26-20(27)10-8-16(25)21(28)29)11-15-7-9-18(34-22(30)13(2)3)19(12-15)35-23(31)14(4)5;/h7,9,12-14,16-17H,6,8,10-11,25H2,1-5H3,(H,26,27)(H,28,29);1H/t16-,17-;/m0./s1. The van der Waals surface area contributed by atoms with E-state index in [2.05, 4.69) is 5.32 Å². The lowest BCUT2D eigenvalue weighted by molar-refractivity contribution is -0.147. The van der Waals surface area contributed by atoms with E-state index in [0.717, 1.165) is 0 Å². The summed E-state index contributed by atoms with van der Waals surface area (Å²) >= 11 is 0. The van der Waals surface area contributed by atoms with E-state index in [9.17, 15) is 24.0 Å². The van der Waals surface area contributed by atoms with Crippen molar-refractivity contribution in [1.82, 2.24) is 5.32 Å². The Morgan fingerprint density at radius 3 is 2.00 bits per heavy atom. The first-order chi connectivity index (χ1) is 16.3. The molecule has 0 spiro atoms. The van der Waals surface area contributed by atoms with E-state index in [1.807, 2.05) is 0 Å². The number of amides is 1. The maximum absolute atomic E-state index is 12.5. The Bertz CT molecular complexity index is 934. The van der Waals surface area contributed by atoms with Crippen molar-refractivity contribution in [1.29, 1.82) is 0 Å². The summed E-state index contributed by atoms with van der Waals surface area (Å²) in [5.74, 6) is -4.39. The second kappa shape index (κ2) is 15.7. The molecule has 36 heavy (non-hydrogen) atoms. The van der Waals surface area contributed by atoms with Gasteiger partial charge in [-0.2, -0.15) is 0 Å². The van der Waals surface area contributed by atoms with Crippen LogP contribution in [0.15, 0.2) is 18.2 Å². The number of carbonyl (C=O) groups excluding carboxylic acids is 4. The monoisotopic (exact) mass is 530 g/mol. The van der Waals surface area contributed by atoms with E-state index < -0.39 is 53.7 Å². The van der Waals surface area contributed by atoms with Gasteiger partial charge in [-0.15, -0.1) is 12.4 Å². The Balaban J connectivity index is 0.0000122. The van der Waals surface area contributed by atoms with Crippen LogP contribution in [-0.2, 0) is 35.1 Å². The Hall–Kier alpha value is -3.18. The van der Waals surface area contributed by atoms with Gasteiger partial charge in [-0.05, 0) is 31.0 Å². The molecule has 0 heterocycles. The van der Waals surface area contributed by atoms with E-state index in [-0.39, 0.29) is 49.8 Å². The molecule has 1 aromatic rings. The first kappa shape index (κ1) is 32.8. The highest BCUT2D eigenvalue weighted by Crippen LogP contribution is 2.30. The van der Waals surface area contributed by atoms with E-state index >= 15 is 0 Å². The predicted molar refractivity (Wildman–Crippen MR) is 132 cm³/mol. The number of aliphatic carboxylic acids is 1. The number of nitrogens with two attached hydrogens (primary N) is 1. The zero-order chi connectivity index (χ0) is 26.7. The fraction of sp³-hybridized carbons (Fsp3) is 0.542. The number of nitrogens with one attached hydrogen (secondary N) is 1. The minimum absolute atomic E-state index is 0. The van der Waals surface area contributed by atoms with Crippen LogP contribution in [-0.4, -0.2) is 53.6 Å². The van der Waals surface area contributed by atoms with Crippen LogP contribution in [0.5, 0.6) is 11.5 Å². The van der Waals surface area contributed by atoms with Crippen LogP contribution in [0.4, 0.5) is 0 Å². The maximum Gasteiger partial charge on any atom is 0.328 e. The van der Waals surface area contributed by atoms with Crippen LogP contribution >= 0.6 is 12.4 Å². The molecular weight excluding hydrogens is 496 g/mol. The molecule has 0 saturated carbocycles. The van der Waals surface area contributed by atoms with E-state index in [1.54, 1.807) is 40.7 Å². The second-order valence-corrected chi connectivity index (χ2v) is 8.49. The average Bonchev–Trinajstić information content (AvgIpc) is 2.78. The molecule has 202 valence electrons. The summed E-state index contributed by atoms with van der Waals surface area (Å²) in [5.41, 5.74) is 5.91. The molecule has 12 heteroatoms. The Kier molecular flexibility index (Phi) is 14.4. The van der Waals surface area contributed by atoms with E-state index in [1.165, 1.54) is 12.1 Å². The molecular formula is C24H35ClN2O9. The molecule has 11 nitrogen and oxygen atoms in total. The number of carboxylic acids is 1. The van der Waals surface area contributed by atoms with Gasteiger partial charge in [-0.25, -0.2) is 4.79 Å². The highest BCUT2D eigenvalue weighted by Gasteiger charge is 2.25. The van der Waals surface area contributed by atoms with Gasteiger partial charge in [-0.1, -0.05) is 33.8 Å². The Morgan fingerprint density at radius 1 is 0.944 bits per heavy atom. The molecule has 1 aromatic carbocycles. The number of benzene rings is 1. The van der Waals surface area contributed by atoms with Gasteiger partial charge in [0.1, 0.15) is 12.1 Å². The molecule has 0 fully saturated rings. The minimum atomic E-state index is -1.23. The van der Waals surface area contributed by atoms with Gasteiger partial charge >= 0.3 is 23.9 Å². The quantitative estimate of drug-likeness (QED) is 0.253. The van der Waals surface area contributed by atoms with Crippen molar-refractivity contribution in [3.63, 3.8) is 0 Å². The van der Waals surface area contributed by atoms with Gasteiger partial charge < -0.3 is 30.4 Å². The fourth-order valence-electron chi connectivity index (χ4n) is 2.64. The van der Waals surface area contributed by atoms with Crippen molar-refractivity contribution >= 4 is 42.2 Å². The minimum Gasteiger partial charge on any atom is -0.480 e. The lowest BCUT2D eigenvalue weighted by Gasteiger charge is -2.19. The fourth-order valence-corrected chi connectivity index (χ4v) is 2.64. The highest BCUT2D eigenvalue weighted by molar-refractivity contribution is 5.86. The van der Waals surface area contributed by atoms with Crippen molar-refractivity contribution < 1.29 is 43.3 Å². The third-order valence-electron chi connectivity index (χ3n) is 4.72. The number of carbonyl (C=O) groups is 5. The maximum atomic E-state index is 12.5. The molecule has 1 amide bonds. The summed E-state index contributed by atoms with van der Waals surface area (Å²) in [7, 11) is 0. The summed E-state index contributed by atoms with van der Waals surface area (Å²) in [5, 5.41) is 11.4. The van der Waals surface area contributed by atoms with Crippen LogP contribution < -0.4 is 20.5 Å². The first-order valence-electron chi connectivity index (χ1n) is 11.4. The number of hydrogen-bond acceptors (Lipinski definition) is 9. The van der Waals surface area contributed by atoms with Crippen molar-refractivity contribution in [2.45, 2.75) is 66.0 Å². The summed E-state index contributed by atoms with van der Waals surface area (Å²) in [4.78, 5) is 59.9. The number of hydrogen-bond donors (Lipinski definition) is 3. The largest absolute Gasteiger partial charge is 0.480 e. The van der Waals surface area contributed by atoms with Crippen molar-refractivity contribution in [2.24, 2.45) is 17.6 Å². The van der Waals surface area contributed by atoms with E-state index in [0.29, 0.717) is 5.56 Å². The average molecular weight is 531 g/mol. The third kappa shape index (κ3) is 11.0. The van der Waals surface area contributed by atoms with E-state index in [4.69, 9.17) is 25.1 Å². The molecule has 0 unspecified atom stereocenters. The molecule has 0 bridgehead atoms. The molecule has 0 saturated heterocycles. The van der Waals surface area contributed by atoms with Gasteiger partial charge in [0.05, 0.1) is 18.4 Å². The number of esters is 3. The predicted octanol–water partition coefficient (Wildman–Crippen LogP) is 2.01. The Labute approximate surface area is 216 Å². The second-order valence-electron chi connectivity index (χ2n) is 8.49. The lowest BCUT2D eigenvalue weighted by atomic mass is 10.0. The number of ether oxygens (including phenoxy) is 3. The third-order valence-corrected chi connectivity index (χ3v) is 4.72. The van der Waals surface area contributed by atoms with Crippen LogP contribution in [0.2, 0.25) is 0 Å². The lowest BCUT2D eigenvalue weighted by Crippen LogP contribution is -2.44. The number of halogens is 1. The molecule has 2 atom stereocenters. The van der Waals surface area contributed by atoms with Gasteiger partial charge in [-0.3, -0.25) is 19.2 Å². The summed E-state index contributed by atoms with van der Waals surface area (Å²) in [6, 6.07) is 2.15. The molecule has 0 aliphatic carbocycles. The SMILES string of the molecule is CCOC(=O)[C@H](Cc1ccc(OC(=O)C(C)C)c(OC(=O)C(C)C)c1)NC(=O)CC[C@H](N)C(=O)O.Cl. The van der Waals surface area contributed by atoms with Crippen LogP contribution in [0.1, 0.15) is 53.0 Å². The van der Waals surface area contributed by atoms with Crippen molar-refractivity contribution in [2.75, 3.05) is 6.61 Å². The zero-order valence-corrected chi connectivity index (χ0v) is 21.9. The van der Waals surface area contributed by atoms with Crippen LogP contribution in [0, 0.1) is 11.8 Å². The number of carboxylic acid groups (broad SMARTS) is 1. The zero-order valence-electron chi connectivity index (χ0n) is 21.1. The molecule has 0 radical (unpaired) electrons. The Morgan fingerprint density at radius 2 is 1.50 bits per heavy atom. The topological polar surface area (TPSA) is 171 Å². The van der Waals surface area contributed by atoms with Gasteiger partial charge in [0.15, 0.2) is 11.5 Å². The van der Waals surface area contributed by atoms with Crippen LogP contribution in [0.25, 0.3) is 0 Å². The summed E-state index contributed by atoms with van der Waals surface area (Å²) < 4.78 is 15.8. The molecule has 1 rings (SSSR count). The van der Waals surface area contributed by atoms with Gasteiger partial charge in [0, 0.05) is 12.8 Å². The van der Waals surface area contributed by atoms with Crippen molar-refractivity contribution in [3.05, 3.63) is 23.8 Å². The van der Waals surface area contributed by atoms with Crippen LogP contribution in [0.3, 0.4) is 0 Å². The molecule has 0 aliphatic heterocycles. The normalized spacial score (nSPS) is 12.2. The smallest absolute Gasteiger partial charge is 0.328 e. The first-order valence-corrected chi connectivity index (χ1v) is 11.4. The molecule has 0 aromatic heterocycles. The summed E-state index contributed by atoms with van der Waals surface area (Å²) in [6.07, 6.45) is -0.340. The van der Waals surface area contributed by atoms with Gasteiger partial charge in [0.25, 0.3) is 0 Å². The molecule has 4 N–H and O–H groups in total.